The molecule has 4 aromatic rings. The number of methoxy groups -OCH3 is 1. The fourth-order valence-electron chi connectivity index (χ4n) is 4.63. The van der Waals surface area contributed by atoms with Crippen LogP contribution in [0, 0.1) is 18.8 Å². The molecular formula is C32H36N8O3. The fourth-order valence-corrected chi connectivity index (χ4v) is 4.63. The highest BCUT2D eigenvalue weighted by molar-refractivity contribution is 6.04. The molecule has 11 heteroatoms. The minimum atomic E-state index is -0.189. The Morgan fingerprint density at radius 1 is 1.05 bits per heavy atom. The van der Waals surface area contributed by atoms with Crippen LogP contribution >= 0.6 is 0 Å². The molecule has 0 atom stereocenters. The predicted molar refractivity (Wildman–Crippen MR) is 166 cm³/mol. The molecule has 0 saturated carbocycles. The molecule has 1 fully saturated rings. The highest BCUT2D eigenvalue weighted by atomic mass is 16.5. The Bertz CT molecular complexity index is 1600. The van der Waals surface area contributed by atoms with E-state index in [2.05, 4.69) is 66.5 Å². The van der Waals surface area contributed by atoms with E-state index < -0.39 is 0 Å². The largest absolute Gasteiger partial charge is 0.478 e. The second kappa shape index (κ2) is 13.9. The molecule has 1 amide bonds. The van der Waals surface area contributed by atoms with Crippen LogP contribution in [-0.2, 0) is 13.1 Å². The van der Waals surface area contributed by atoms with Crippen LogP contribution in [0.5, 0.6) is 5.88 Å². The van der Waals surface area contributed by atoms with Gasteiger partial charge in [-0.15, -0.1) is 5.10 Å². The molecule has 1 saturated heterocycles. The summed E-state index contributed by atoms with van der Waals surface area (Å²) in [5.41, 5.74) is 5.44. The van der Waals surface area contributed by atoms with Gasteiger partial charge in [0.1, 0.15) is 5.69 Å². The minimum Gasteiger partial charge on any atom is -0.478 e. The van der Waals surface area contributed by atoms with E-state index in [4.69, 9.17) is 9.84 Å². The van der Waals surface area contributed by atoms with E-state index in [9.17, 15) is 4.79 Å². The van der Waals surface area contributed by atoms with Crippen LogP contribution in [0.25, 0.3) is 0 Å². The molecule has 222 valence electrons. The zero-order valence-electron chi connectivity index (χ0n) is 24.7. The third kappa shape index (κ3) is 7.96. The van der Waals surface area contributed by atoms with Gasteiger partial charge in [-0.25, -0.2) is 9.97 Å². The number of hydrogen-bond donors (Lipinski definition) is 3. The molecule has 1 aliphatic rings. The smallest absolute Gasteiger partial charge is 0.256 e. The number of ether oxygens (including phenoxy) is 1. The van der Waals surface area contributed by atoms with Gasteiger partial charge in [0.25, 0.3) is 11.8 Å². The van der Waals surface area contributed by atoms with Crippen molar-refractivity contribution in [1.29, 1.82) is 0 Å². The normalized spacial score (nSPS) is 13.7. The van der Waals surface area contributed by atoms with Gasteiger partial charge in [-0.1, -0.05) is 30.0 Å². The summed E-state index contributed by atoms with van der Waals surface area (Å²) in [4.78, 5) is 26.5. The van der Waals surface area contributed by atoms with Gasteiger partial charge in [0.2, 0.25) is 5.95 Å². The standard InChI is InChI=1S/C32H36N8O3/c1-23-4-8-27(30(42)35-28-10-6-24(7-11-28)21-39-14-12-38(2)13-15-39)18-26(23)9-5-25-19-33-32(34-20-25)36-29-22-40(16-17-41)37-31(29)43-3/h4,6-8,10-11,18-20,22,41H,12-17,21H2,1-3H3,(H,35,42)(H,33,34,36). The van der Waals surface area contributed by atoms with Gasteiger partial charge < -0.3 is 25.4 Å². The van der Waals surface area contributed by atoms with E-state index in [1.54, 1.807) is 35.4 Å². The average Bonchev–Trinajstić information content (AvgIpc) is 3.40. The van der Waals surface area contributed by atoms with Gasteiger partial charge in [0.15, 0.2) is 0 Å². The van der Waals surface area contributed by atoms with Crippen molar-refractivity contribution in [2.75, 3.05) is 57.6 Å². The molecule has 11 nitrogen and oxygen atoms in total. The Balaban J connectivity index is 1.20. The fraction of sp³-hybridized carbons (Fsp3) is 0.312. The summed E-state index contributed by atoms with van der Waals surface area (Å²) < 4.78 is 6.85. The molecule has 0 spiro atoms. The van der Waals surface area contributed by atoms with Crippen molar-refractivity contribution in [3.63, 3.8) is 0 Å². The lowest BCUT2D eigenvalue weighted by atomic mass is 10.0. The average molecular weight is 581 g/mol. The maximum atomic E-state index is 13.0. The number of aromatic nitrogens is 4. The summed E-state index contributed by atoms with van der Waals surface area (Å²) in [6.45, 7) is 7.50. The third-order valence-electron chi connectivity index (χ3n) is 7.20. The minimum absolute atomic E-state index is 0.0351. The molecule has 43 heavy (non-hydrogen) atoms. The lowest BCUT2D eigenvalue weighted by Gasteiger charge is -2.32. The topological polar surface area (TPSA) is 121 Å². The van der Waals surface area contributed by atoms with Gasteiger partial charge in [0.05, 0.1) is 32.0 Å². The number of likely N-dealkylation sites (N-methyl/N-ethyl adjacent to an activating group) is 1. The van der Waals surface area contributed by atoms with E-state index in [0.29, 0.717) is 35.2 Å². The number of hydrogen-bond acceptors (Lipinski definition) is 9. The van der Waals surface area contributed by atoms with Gasteiger partial charge in [-0.05, 0) is 49.4 Å². The van der Waals surface area contributed by atoms with Crippen molar-refractivity contribution < 1.29 is 14.6 Å². The number of carbonyl (C=O) groups excluding carboxylic acids is 1. The van der Waals surface area contributed by atoms with Crippen LogP contribution in [0.4, 0.5) is 17.3 Å². The van der Waals surface area contributed by atoms with Crippen molar-refractivity contribution in [2.24, 2.45) is 0 Å². The summed E-state index contributed by atoms with van der Waals surface area (Å²) in [5.74, 6) is 6.77. The number of anilines is 3. The van der Waals surface area contributed by atoms with Crippen molar-refractivity contribution in [3.8, 4) is 17.7 Å². The Morgan fingerprint density at radius 3 is 2.49 bits per heavy atom. The highest BCUT2D eigenvalue weighted by Crippen LogP contribution is 2.24. The van der Waals surface area contributed by atoms with E-state index >= 15 is 0 Å². The number of amides is 1. The molecule has 0 unspecified atom stereocenters. The van der Waals surface area contributed by atoms with Crippen LogP contribution in [0.15, 0.2) is 61.1 Å². The van der Waals surface area contributed by atoms with Crippen molar-refractivity contribution in [2.45, 2.75) is 20.0 Å². The molecular weight excluding hydrogens is 544 g/mol. The zero-order chi connectivity index (χ0) is 30.2. The molecule has 3 heterocycles. The monoisotopic (exact) mass is 580 g/mol. The zero-order valence-corrected chi connectivity index (χ0v) is 24.7. The van der Waals surface area contributed by atoms with E-state index in [1.165, 1.54) is 12.7 Å². The third-order valence-corrected chi connectivity index (χ3v) is 7.20. The summed E-state index contributed by atoms with van der Waals surface area (Å²) >= 11 is 0. The molecule has 5 rings (SSSR count). The maximum absolute atomic E-state index is 13.0. The number of nitrogens with zero attached hydrogens (tertiary/aromatic N) is 6. The first-order valence-electron chi connectivity index (χ1n) is 14.2. The number of aryl methyl sites for hydroxylation is 1. The van der Waals surface area contributed by atoms with Gasteiger partial charge in [-0.3, -0.25) is 14.4 Å². The number of aliphatic hydroxyl groups is 1. The van der Waals surface area contributed by atoms with E-state index in [1.807, 2.05) is 25.1 Å². The summed E-state index contributed by atoms with van der Waals surface area (Å²) in [5, 5.41) is 19.4. The molecule has 0 aliphatic carbocycles. The van der Waals surface area contributed by atoms with Crippen molar-refractivity contribution in [1.82, 2.24) is 29.5 Å². The van der Waals surface area contributed by atoms with Crippen molar-refractivity contribution >= 4 is 23.2 Å². The summed E-state index contributed by atoms with van der Waals surface area (Å²) in [6.07, 6.45) is 4.95. The SMILES string of the molecule is COc1nn(CCO)cc1Nc1ncc(C#Cc2cc(C(=O)Nc3ccc(CN4CCN(C)CC4)cc3)ccc2C)cn1. The first-order chi connectivity index (χ1) is 20.9. The summed E-state index contributed by atoms with van der Waals surface area (Å²) in [6, 6.07) is 13.5. The van der Waals surface area contributed by atoms with E-state index in [-0.39, 0.29) is 12.5 Å². The molecule has 2 aromatic carbocycles. The number of piperazine rings is 1. The van der Waals surface area contributed by atoms with Crippen LogP contribution < -0.4 is 15.4 Å². The second-order valence-corrected chi connectivity index (χ2v) is 10.5. The van der Waals surface area contributed by atoms with Crippen LogP contribution in [0.3, 0.4) is 0 Å². The van der Waals surface area contributed by atoms with Crippen LogP contribution in [-0.4, -0.2) is 87.5 Å². The number of nitrogens with one attached hydrogen (secondary N) is 2. The summed E-state index contributed by atoms with van der Waals surface area (Å²) in [7, 11) is 3.67. The number of rotatable bonds is 9. The first kappa shape index (κ1) is 29.7. The van der Waals surface area contributed by atoms with Gasteiger partial charge in [-0.2, -0.15) is 0 Å². The Hall–Kier alpha value is -4.76. The van der Waals surface area contributed by atoms with Crippen LogP contribution in [0.2, 0.25) is 0 Å². The van der Waals surface area contributed by atoms with Crippen molar-refractivity contribution in [3.05, 3.63) is 88.9 Å². The predicted octanol–water partition coefficient (Wildman–Crippen LogP) is 3.13. The lowest BCUT2D eigenvalue weighted by molar-refractivity contribution is 0.102. The Morgan fingerprint density at radius 2 is 1.79 bits per heavy atom. The Kier molecular flexibility index (Phi) is 9.63. The quantitative estimate of drug-likeness (QED) is 0.257. The number of aliphatic hydroxyl groups excluding tert-OH is 1. The molecule has 2 aromatic heterocycles. The van der Waals surface area contributed by atoms with Gasteiger partial charge in [0, 0.05) is 61.9 Å². The van der Waals surface area contributed by atoms with Gasteiger partial charge >= 0.3 is 0 Å². The number of carbonyl (C=O) groups is 1. The molecule has 0 radical (unpaired) electrons. The van der Waals surface area contributed by atoms with Crippen LogP contribution in [0.1, 0.15) is 32.6 Å². The highest BCUT2D eigenvalue weighted by Gasteiger charge is 2.14. The molecule has 0 bridgehead atoms. The second-order valence-electron chi connectivity index (χ2n) is 10.5. The molecule has 3 N–H and O–H groups in total. The Labute approximate surface area is 251 Å². The number of benzene rings is 2. The maximum Gasteiger partial charge on any atom is 0.256 e. The first-order valence-corrected chi connectivity index (χ1v) is 14.2. The lowest BCUT2D eigenvalue weighted by Crippen LogP contribution is -2.43. The van der Waals surface area contributed by atoms with E-state index in [0.717, 1.165) is 49.5 Å². The molecule has 1 aliphatic heterocycles.